The summed E-state index contributed by atoms with van der Waals surface area (Å²) in [6.07, 6.45) is 10.4. The summed E-state index contributed by atoms with van der Waals surface area (Å²) >= 11 is 6.00. The van der Waals surface area contributed by atoms with Crippen molar-refractivity contribution in [3.05, 3.63) is 29.3 Å². The number of carbonyl (C=O) groups excluding carboxylic acids is 1. The first-order chi connectivity index (χ1) is 19.3. The van der Waals surface area contributed by atoms with Gasteiger partial charge in [0.05, 0.1) is 0 Å². The molecule has 4 rings (SSSR count). The largest absolute Gasteiger partial charge is 0.442 e. The number of amides is 1. The number of halogens is 1. The summed E-state index contributed by atoms with van der Waals surface area (Å²) < 4.78 is 31.3. The summed E-state index contributed by atoms with van der Waals surface area (Å²) in [4.78, 5) is 15.4. The number of carbonyl (C=O) groups is 1. The molecule has 226 valence electrons. The average molecular weight is 581 g/mol. The molecule has 3 saturated heterocycles. The highest BCUT2D eigenvalue weighted by atomic mass is 35.5. The Morgan fingerprint density at radius 3 is 2.40 bits per heavy atom. The van der Waals surface area contributed by atoms with Crippen LogP contribution in [0.1, 0.15) is 91.4 Å². The molecule has 0 unspecified atom stereocenters. The van der Waals surface area contributed by atoms with Gasteiger partial charge in [-0.1, -0.05) is 69.9 Å². The van der Waals surface area contributed by atoms with Gasteiger partial charge in [0.25, 0.3) is 0 Å². The number of rotatable bonds is 15. The maximum absolute atomic E-state index is 13.0. The van der Waals surface area contributed by atoms with Crippen LogP contribution in [0.2, 0.25) is 5.02 Å². The topological polar surface area (TPSA) is 78.5 Å². The molecule has 40 heavy (non-hydrogen) atoms. The van der Waals surface area contributed by atoms with Gasteiger partial charge in [-0.25, -0.2) is 4.79 Å². The van der Waals surface area contributed by atoms with Gasteiger partial charge in [0.1, 0.15) is 24.4 Å². The van der Waals surface area contributed by atoms with Crippen molar-refractivity contribution in [2.45, 2.75) is 128 Å². The molecule has 3 aliphatic heterocycles. The van der Waals surface area contributed by atoms with Crippen LogP contribution in [0.15, 0.2) is 24.3 Å². The lowest BCUT2D eigenvalue weighted by Crippen LogP contribution is -2.50. The molecule has 9 heteroatoms. The van der Waals surface area contributed by atoms with Gasteiger partial charge in [-0.3, -0.25) is 10.2 Å². The van der Waals surface area contributed by atoms with E-state index < -0.39 is 36.5 Å². The van der Waals surface area contributed by atoms with E-state index in [1.54, 1.807) is 24.3 Å². The van der Waals surface area contributed by atoms with E-state index in [-0.39, 0.29) is 6.10 Å². The van der Waals surface area contributed by atoms with Gasteiger partial charge < -0.3 is 23.7 Å². The van der Waals surface area contributed by atoms with Gasteiger partial charge in [0.2, 0.25) is 0 Å². The van der Waals surface area contributed by atoms with Crippen LogP contribution < -0.4 is 5.32 Å². The number of ether oxygens (including phenoxy) is 5. The third-order valence-electron chi connectivity index (χ3n) is 7.94. The molecule has 0 radical (unpaired) electrons. The first kappa shape index (κ1) is 31.5. The minimum Gasteiger partial charge on any atom is -0.442 e. The van der Waals surface area contributed by atoms with Crippen LogP contribution in [0.3, 0.4) is 0 Å². The van der Waals surface area contributed by atoms with E-state index >= 15 is 0 Å². The van der Waals surface area contributed by atoms with E-state index in [2.05, 4.69) is 17.1 Å². The predicted molar refractivity (Wildman–Crippen MR) is 157 cm³/mol. The van der Waals surface area contributed by atoms with Crippen molar-refractivity contribution in [1.29, 1.82) is 0 Å². The SMILES string of the molecule is CCCCCCCCCCO[C@@H]1[C@H]2OC(C)(C)O[C@H]2O[C@@H]1[C@@H](CN1CCCCC1)OC(=O)Nc1ccc(Cl)cc1. The standard InChI is InChI=1S/C31H49ClN2O6/c1-4-5-6-7-8-9-10-14-21-36-27-26(38-29-28(27)39-31(2,3)40-29)25(22-34-19-12-11-13-20-34)37-30(35)33-24-17-15-23(32)16-18-24/h15-18,25-29H,4-14,19-22H2,1-3H3,(H,33,35)/t25-,26-,27+,28-,29-/m1/s1. The number of likely N-dealkylation sites (tertiary alicyclic amines) is 1. The quantitative estimate of drug-likeness (QED) is 0.221. The Morgan fingerprint density at radius 2 is 1.70 bits per heavy atom. The Morgan fingerprint density at radius 1 is 1.02 bits per heavy atom. The zero-order valence-corrected chi connectivity index (χ0v) is 25.3. The van der Waals surface area contributed by atoms with E-state index in [9.17, 15) is 4.79 Å². The molecular formula is C31H49ClN2O6. The van der Waals surface area contributed by atoms with Crippen molar-refractivity contribution in [1.82, 2.24) is 4.90 Å². The number of fused-ring (bicyclic) bond motifs is 1. The predicted octanol–water partition coefficient (Wildman–Crippen LogP) is 7.15. The fourth-order valence-corrected chi connectivity index (χ4v) is 6.00. The van der Waals surface area contributed by atoms with E-state index in [0.717, 1.165) is 38.8 Å². The molecule has 0 aromatic heterocycles. The first-order valence-corrected chi connectivity index (χ1v) is 15.8. The molecule has 1 N–H and O–H groups in total. The Bertz CT molecular complexity index is 894. The fourth-order valence-electron chi connectivity index (χ4n) is 5.87. The van der Waals surface area contributed by atoms with Gasteiger partial charge in [-0.05, 0) is 70.5 Å². The second-order valence-electron chi connectivity index (χ2n) is 11.8. The smallest absolute Gasteiger partial charge is 0.412 e. The van der Waals surface area contributed by atoms with Gasteiger partial charge in [0.15, 0.2) is 12.1 Å². The van der Waals surface area contributed by atoms with Crippen molar-refractivity contribution in [2.75, 3.05) is 31.6 Å². The Hall–Kier alpha value is -1.42. The fraction of sp³-hybridized carbons (Fsp3) is 0.774. The van der Waals surface area contributed by atoms with Crippen LogP contribution in [0.25, 0.3) is 0 Å². The molecule has 1 aromatic rings. The van der Waals surface area contributed by atoms with Crippen LogP contribution >= 0.6 is 11.6 Å². The van der Waals surface area contributed by atoms with E-state index in [4.69, 9.17) is 35.3 Å². The number of unbranched alkanes of at least 4 members (excludes halogenated alkanes) is 7. The summed E-state index contributed by atoms with van der Waals surface area (Å²) in [5, 5.41) is 3.43. The monoisotopic (exact) mass is 580 g/mol. The average Bonchev–Trinajstić information content (AvgIpc) is 3.41. The molecule has 3 heterocycles. The summed E-state index contributed by atoms with van der Waals surface area (Å²) in [5.74, 6) is -0.754. The summed E-state index contributed by atoms with van der Waals surface area (Å²) in [6.45, 7) is 9.15. The number of anilines is 1. The van der Waals surface area contributed by atoms with Crippen LogP contribution in [-0.2, 0) is 23.7 Å². The molecule has 8 nitrogen and oxygen atoms in total. The van der Waals surface area contributed by atoms with Crippen molar-refractivity contribution in [3.63, 3.8) is 0 Å². The molecule has 3 fully saturated rings. The summed E-state index contributed by atoms with van der Waals surface area (Å²) in [5.41, 5.74) is 0.617. The number of hydrogen-bond donors (Lipinski definition) is 1. The van der Waals surface area contributed by atoms with Gasteiger partial charge >= 0.3 is 6.09 Å². The highest BCUT2D eigenvalue weighted by Gasteiger charge is 2.58. The Labute approximate surface area is 245 Å². The number of benzene rings is 1. The molecule has 0 spiro atoms. The molecule has 1 amide bonds. The van der Waals surface area contributed by atoms with E-state index in [1.807, 2.05) is 13.8 Å². The highest BCUT2D eigenvalue weighted by molar-refractivity contribution is 6.30. The van der Waals surface area contributed by atoms with Crippen molar-refractivity contribution in [3.8, 4) is 0 Å². The summed E-state index contributed by atoms with van der Waals surface area (Å²) in [6, 6.07) is 6.96. The van der Waals surface area contributed by atoms with Crippen LogP contribution in [0, 0.1) is 0 Å². The molecule has 5 atom stereocenters. The van der Waals surface area contributed by atoms with E-state index in [1.165, 1.54) is 44.9 Å². The second kappa shape index (κ2) is 15.7. The van der Waals surface area contributed by atoms with Gasteiger partial charge in [0, 0.05) is 23.9 Å². The number of nitrogens with zero attached hydrogens (tertiary/aromatic N) is 1. The molecule has 0 saturated carbocycles. The molecule has 0 bridgehead atoms. The number of nitrogens with one attached hydrogen (secondary N) is 1. The third kappa shape index (κ3) is 9.57. The zero-order chi connectivity index (χ0) is 28.4. The second-order valence-corrected chi connectivity index (χ2v) is 12.3. The minimum absolute atomic E-state index is 0.374. The third-order valence-corrected chi connectivity index (χ3v) is 8.19. The lowest BCUT2D eigenvalue weighted by Gasteiger charge is -2.35. The van der Waals surface area contributed by atoms with Crippen LogP contribution in [-0.4, -0.2) is 73.7 Å². The van der Waals surface area contributed by atoms with E-state index in [0.29, 0.717) is 23.9 Å². The summed E-state index contributed by atoms with van der Waals surface area (Å²) in [7, 11) is 0. The maximum atomic E-state index is 13.0. The highest BCUT2D eigenvalue weighted by Crippen LogP contribution is 2.40. The van der Waals surface area contributed by atoms with Crippen molar-refractivity contribution in [2.24, 2.45) is 0 Å². The maximum Gasteiger partial charge on any atom is 0.412 e. The van der Waals surface area contributed by atoms with Crippen molar-refractivity contribution >= 4 is 23.4 Å². The van der Waals surface area contributed by atoms with Gasteiger partial charge in [-0.15, -0.1) is 0 Å². The minimum atomic E-state index is -0.754. The molecule has 1 aromatic carbocycles. The first-order valence-electron chi connectivity index (χ1n) is 15.4. The lowest BCUT2D eigenvalue weighted by molar-refractivity contribution is -0.230. The normalized spacial score (nSPS) is 26.9. The van der Waals surface area contributed by atoms with Crippen LogP contribution in [0.5, 0.6) is 0 Å². The lowest BCUT2D eigenvalue weighted by atomic mass is 10.0. The van der Waals surface area contributed by atoms with Gasteiger partial charge in [-0.2, -0.15) is 0 Å². The van der Waals surface area contributed by atoms with Crippen molar-refractivity contribution < 1.29 is 28.5 Å². The Balaban J connectivity index is 1.39. The molecule has 3 aliphatic rings. The number of piperidine rings is 1. The van der Waals surface area contributed by atoms with Crippen LogP contribution in [0.4, 0.5) is 10.5 Å². The number of hydrogen-bond acceptors (Lipinski definition) is 7. The Kier molecular flexibility index (Phi) is 12.4. The molecule has 0 aliphatic carbocycles. The zero-order valence-electron chi connectivity index (χ0n) is 24.6. The molecular weight excluding hydrogens is 532 g/mol.